The van der Waals surface area contributed by atoms with Gasteiger partial charge in [-0.05, 0) is 31.0 Å². The van der Waals surface area contributed by atoms with Gasteiger partial charge in [0.15, 0.2) is 21.1 Å². The molecule has 7 nitrogen and oxygen atoms in total. The maximum absolute atomic E-state index is 13.4. The fourth-order valence-electron chi connectivity index (χ4n) is 2.75. The molecule has 3 aromatic rings. The second-order valence-electron chi connectivity index (χ2n) is 6.39. The molecule has 4 rings (SSSR count). The van der Waals surface area contributed by atoms with Crippen molar-refractivity contribution in [3.05, 3.63) is 35.2 Å². The van der Waals surface area contributed by atoms with Crippen molar-refractivity contribution < 1.29 is 18.3 Å². The Morgan fingerprint density at radius 3 is 2.97 bits per heavy atom. The zero-order chi connectivity index (χ0) is 20.9. The Labute approximate surface area is 183 Å². The van der Waals surface area contributed by atoms with Crippen LogP contribution in [0.15, 0.2) is 27.9 Å². The van der Waals surface area contributed by atoms with Crippen LogP contribution in [0.25, 0.3) is 11.3 Å². The Morgan fingerprint density at radius 1 is 1.27 bits per heavy atom. The van der Waals surface area contributed by atoms with Crippen LogP contribution in [0.2, 0.25) is 0 Å². The van der Waals surface area contributed by atoms with Crippen LogP contribution in [0.5, 0.6) is 0 Å². The number of hydrogen-bond acceptors (Lipinski definition) is 9. The molecule has 1 unspecified atom stereocenters. The molecule has 1 saturated heterocycles. The molecule has 158 valence electrons. The quantitative estimate of drug-likeness (QED) is 0.477. The molecule has 1 amide bonds. The molecule has 0 bridgehead atoms. The van der Waals surface area contributed by atoms with E-state index >= 15 is 0 Å². The molecule has 1 atom stereocenters. The molecule has 0 aliphatic carbocycles. The van der Waals surface area contributed by atoms with Gasteiger partial charge in [-0.3, -0.25) is 4.79 Å². The number of nitrogens with zero attached hydrogens (tertiary/aromatic N) is 3. The van der Waals surface area contributed by atoms with Gasteiger partial charge in [-0.1, -0.05) is 23.1 Å². The van der Waals surface area contributed by atoms with Gasteiger partial charge < -0.3 is 15.4 Å². The number of amides is 1. The number of aromatic nitrogens is 3. The van der Waals surface area contributed by atoms with Crippen LogP contribution in [-0.2, 0) is 9.53 Å². The average molecular weight is 470 g/mol. The van der Waals surface area contributed by atoms with Gasteiger partial charge in [0.2, 0.25) is 11.0 Å². The van der Waals surface area contributed by atoms with E-state index < -0.39 is 11.6 Å². The van der Waals surface area contributed by atoms with Crippen molar-refractivity contribution >= 4 is 50.6 Å². The number of rotatable bonds is 8. The third kappa shape index (κ3) is 5.50. The van der Waals surface area contributed by atoms with E-state index in [9.17, 15) is 13.6 Å². The van der Waals surface area contributed by atoms with Gasteiger partial charge in [0, 0.05) is 24.1 Å². The van der Waals surface area contributed by atoms with Crippen LogP contribution in [0, 0.1) is 11.6 Å². The second kappa shape index (κ2) is 9.77. The Balaban J connectivity index is 1.25. The van der Waals surface area contributed by atoms with E-state index in [2.05, 4.69) is 25.8 Å². The normalized spacial score (nSPS) is 16.0. The topological polar surface area (TPSA) is 89.0 Å². The summed E-state index contributed by atoms with van der Waals surface area (Å²) in [5.74, 6) is -1.94. The monoisotopic (exact) mass is 469 g/mol. The average Bonchev–Trinajstić information content (AvgIpc) is 3.49. The van der Waals surface area contributed by atoms with Crippen molar-refractivity contribution in [2.24, 2.45) is 0 Å². The molecule has 3 heterocycles. The zero-order valence-electron chi connectivity index (χ0n) is 15.6. The molecule has 30 heavy (non-hydrogen) atoms. The van der Waals surface area contributed by atoms with E-state index in [1.54, 1.807) is 5.38 Å². The highest BCUT2D eigenvalue weighted by atomic mass is 32.2. The second-order valence-corrected chi connectivity index (χ2v) is 9.45. The van der Waals surface area contributed by atoms with E-state index in [4.69, 9.17) is 4.74 Å². The van der Waals surface area contributed by atoms with Gasteiger partial charge in [-0.2, -0.15) is 0 Å². The molecule has 0 radical (unpaired) electrons. The number of anilines is 2. The standard InChI is InChI=1S/C18H17F2N5O2S3/c19-12-4-3-10(6-13(12)20)14-8-28-17(22-14)23-15(26)9-29-18-25-24-16(30-18)21-7-11-2-1-5-27-11/h3-4,6,8,11H,1-2,5,7,9H2,(H,21,24)(H,22,23,26). The fourth-order valence-corrected chi connectivity index (χ4v) is 5.04. The summed E-state index contributed by atoms with van der Waals surface area (Å²) >= 11 is 3.88. The minimum absolute atomic E-state index is 0.153. The molecule has 12 heteroatoms. The molecule has 0 saturated carbocycles. The Morgan fingerprint density at radius 2 is 2.17 bits per heavy atom. The van der Waals surface area contributed by atoms with Crippen molar-refractivity contribution in [2.75, 3.05) is 29.5 Å². The lowest BCUT2D eigenvalue weighted by Gasteiger charge is -2.08. The lowest BCUT2D eigenvalue weighted by Crippen LogP contribution is -2.18. The fraction of sp³-hybridized carbons (Fsp3) is 0.333. The van der Waals surface area contributed by atoms with Crippen LogP contribution in [0.4, 0.5) is 19.0 Å². The van der Waals surface area contributed by atoms with Crippen molar-refractivity contribution in [1.29, 1.82) is 0 Å². The summed E-state index contributed by atoms with van der Waals surface area (Å²) in [6, 6.07) is 3.56. The van der Waals surface area contributed by atoms with Gasteiger partial charge >= 0.3 is 0 Å². The smallest absolute Gasteiger partial charge is 0.236 e. The lowest BCUT2D eigenvalue weighted by molar-refractivity contribution is -0.113. The SMILES string of the molecule is O=C(CSc1nnc(NCC2CCCO2)s1)Nc1nc(-c2ccc(F)c(F)c2)cs1. The largest absolute Gasteiger partial charge is 0.376 e. The molecule has 2 aromatic heterocycles. The summed E-state index contributed by atoms with van der Waals surface area (Å²) in [5, 5.41) is 16.8. The lowest BCUT2D eigenvalue weighted by atomic mass is 10.2. The van der Waals surface area contributed by atoms with E-state index in [0.717, 1.165) is 31.6 Å². The first-order valence-electron chi connectivity index (χ1n) is 9.09. The molecule has 0 spiro atoms. The van der Waals surface area contributed by atoms with Crippen LogP contribution < -0.4 is 10.6 Å². The number of carbonyl (C=O) groups is 1. The van der Waals surface area contributed by atoms with Crippen molar-refractivity contribution in [2.45, 2.75) is 23.3 Å². The van der Waals surface area contributed by atoms with E-state index in [1.165, 1.54) is 40.5 Å². The van der Waals surface area contributed by atoms with E-state index in [1.807, 2.05) is 0 Å². The number of hydrogen-bond donors (Lipinski definition) is 2. The molecular weight excluding hydrogens is 452 g/mol. The molecule has 1 aromatic carbocycles. The van der Waals surface area contributed by atoms with Gasteiger partial charge in [-0.25, -0.2) is 13.8 Å². The Bertz CT molecular complexity index is 1020. The summed E-state index contributed by atoms with van der Waals surface area (Å²) in [7, 11) is 0. The number of carbonyl (C=O) groups excluding carboxylic acids is 1. The number of thiazole rings is 1. The summed E-state index contributed by atoms with van der Waals surface area (Å²) in [6.45, 7) is 1.50. The number of ether oxygens (including phenoxy) is 1. The Hall–Kier alpha value is -2.15. The first kappa shape index (κ1) is 21.1. The van der Waals surface area contributed by atoms with Crippen molar-refractivity contribution in [3.8, 4) is 11.3 Å². The summed E-state index contributed by atoms with van der Waals surface area (Å²) in [5.41, 5.74) is 0.907. The van der Waals surface area contributed by atoms with Crippen LogP contribution in [0.3, 0.4) is 0 Å². The van der Waals surface area contributed by atoms with Gasteiger partial charge in [0.1, 0.15) is 0 Å². The van der Waals surface area contributed by atoms with Crippen LogP contribution in [0.1, 0.15) is 12.8 Å². The first-order chi connectivity index (χ1) is 14.6. The highest BCUT2D eigenvalue weighted by Gasteiger charge is 2.16. The minimum atomic E-state index is -0.941. The number of halogens is 2. The Kier molecular flexibility index (Phi) is 6.87. The van der Waals surface area contributed by atoms with E-state index in [0.29, 0.717) is 32.4 Å². The molecule has 1 aliphatic rings. The van der Waals surface area contributed by atoms with Crippen LogP contribution >= 0.6 is 34.4 Å². The predicted octanol–water partition coefficient (Wildman–Crippen LogP) is 4.26. The van der Waals surface area contributed by atoms with Gasteiger partial charge in [0.25, 0.3) is 0 Å². The zero-order valence-corrected chi connectivity index (χ0v) is 18.0. The number of benzene rings is 1. The maximum Gasteiger partial charge on any atom is 0.236 e. The highest BCUT2D eigenvalue weighted by Crippen LogP contribution is 2.28. The summed E-state index contributed by atoms with van der Waals surface area (Å²) in [6.07, 6.45) is 2.34. The van der Waals surface area contributed by atoms with Crippen molar-refractivity contribution in [3.63, 3.8) is 0 Å². The predicted molar refractivity (Wildman–Crippen MR) is 114 cm³/mol. The third-order valence-corrected chi connectivity index (χ3v) is 6.98. The number of thioether (sulfide) groups is 1. The molecule has 1 fully saturated rings. The minimum Gasteiger partial charge on any atom is -0.376 e. The van der Waals surface area contributed by atoms with E-state index in [-0.39, 0.29) is 17.8 Å². The molecule has 2 N–H and O–H groups in total. The van der Waals surface area contributed by atoms with Gasteiger partial charge in [0.05, 0.1) is 17.6 Å². The molecule has 1 aliphatic heterocycles. The molecular formula is C18H17F2N5O2S3. The highest BCUT2D eigenvalue weighted by molar-refractivity contribution is 8.01. The number of nitrogens with one attached hydrogen (secondary N) is 2. The van der Waals surface area contributed by atoms with Crippen LogP contribution in [-0.4, -0.2) is 46.1 Å². The summed E-state index contributed by atoms with van der Waals surface area (Å²) in [4.78, 5) is 16.4. The van der Waals surface area contributed by atoms with Crippen molar-refractivity contribution in [1.82, 2.24) is 15.2 Å². The maximum atomic E-state index is 13.4. The summed E-state index contributed by atoms with van der Waals surface area (Å²) < 4.78 is 32.7. The third-order valence-electron chi connectivity index (χ3n) is 4.20. The first-order valence-corrected chi connectivity index (χ1v) is 11.8. The van der Waals surface area contributed by atoms with Gasteiger partial charge in [-0.15, -0.1) is 21.5 Å².